The number of carbonyl (C=O) groups is 3. The third-order valence-electron chi connectivity index (χ3n) is 2.16. The maximum Gasteiger partial charge on any atom is 0.311 e. The Morgan fingerprint density at radius 1 is 1.29 bits per heavy atom. The molecule has 0 aliphatic rings. The fourth-order valence-corrected chi connectivity index (χ4v) is 1.37. The van der Waals surface area contributed by atoms with Crippen LogP contribution in [0.15, 0.2) is 29.0 Å². The number of aliphatic carboxylic acids is 1. The predicted octanol–water partition coefficient (Wildman–Crippen LogP) is 1.05. The van der Waals surface area contributed by atoms with Gasteiger partial charge in [-0.3, -0.25) is 14.4 Å². The first-order chi connectivity index (χ1) is 8.08. The molecule has 86 valence electrons. The molecule has 0 saturated carbocycles. The monoisotopic (exact) mass is 233 g/mol. The van der Waals surface area contributed by atoms with Crippen molar-refractivity contribution in [2.75, 3.05) is 0 Å². The van der Waals surface area contributed by atoms with E-state index in [0.29, 0.717) is 11.1 Å². The van der Waals surface area contributed by atoms with E-state index in [2.05, 4.69) is 4.98 Å². The molecule has 1 N–H and O–H groups in total. The lowest BCUT2D eigenvalue weighted by atomic mass is 10.1. The van der Waals surface area contributed by atoms with Gasteiger partial charge in [-0.2, -0.15) is 0 Å². The molecule has 0 unspecified atom stereocenters. The molecule has 6 nitrogen and oxygen atoms in total. The number of carbonyl (C=O) groups excluding carboxylic acids is 2. The second-order valence-electron chi connectivity index (χ2n) is 3.36. The highest BCUT2D eigenvalue weighted by Gasteiger charge is 2.19. The highest BCUT2D eigenvalue weighted by molar-refractivity contribution is 6.45. The molecule has 6 heteroatoms. The van der Waals surface area contributed by atoms with E-state index in [-0.39, 0.29) is 5.56 Å². The molecular weight excluding hydrogens is 226 g/mol. The SMILES string of the molecule is O=C(O)CC(=O)C(=O)c1ccc2ncoc2c1. The van der Waals surface area contributed by atoms with Crippen molar-refractivity contribution in [3.63, 3.8) is 0 Å². The Kier molecular flexibility index (Phi) is 2.70. The maximum absolute atomic E-state index is 11.6. The number of hydrogen-bond acceptors (Lipinski definition) is 5. The minimum absolute atomic E-state index is 0.0977. The van der Waals surface area contributed by atoms with Crippen molar-refractivity contribution in [1.29, 1.82) is 0 Å². The van der Waals surface area contributed by atoms with E-state index in [4.69, 9.17) is 9.52 Å². The molecule has 2 rings (SSSR count). The number of rotatable bonds is 4. The van der Waals surface area contributed by atoms with Gasteiger partial charge >= 0.3 is 5.97 Å². The van der Waals surface area contributed by atoms with E-state index in [0.717, 1.165) is 0 Å². The third-order valence-corrected chi connectivity index (χ3v) is 2.16. The first-order valence-corrected chi connectivity index (χ1v) is 4.70. The standard InChI is InChI=1S/C11H7NO5/c13-8(4-10(14)15)11(16)6-1-2-7-9(3-6)17-5-12-7/h1-3,5H,4H2,(H,14,15). The summed E-state index contributed by atoms with van der Waals surface area (Å²) in [5, 5.41) is 8.42. The maximum atomic E-state index is 11.6. The lowest BCUT2D eigenvalue weighted by Gasteiger charge is -1.97. The molecule has 1 heterocycles. The normalized spacial score (nSPS) is 10.4. The highest BCUT2D eigenvalue weighted by atomic mass is 16.4. The van der Waals surface area contributed by atoms with Gasteiger partial charge in [0.25, 0.3) is 0 Å². The third kappa shape index (κ3) is 2.20. The van der Waals surface area contributed by atoms with Crippen LogP contribution in [0.25, 0.3) is 11.1 Å². The van der Waals surface area contributed by atoms with Crippen LogP contribution in [-0.4, -0.2) is 27.6 Å². The van der Waals surface area contributed by atoms with Crippen LogP contribution < -0.4 is 0 Å². The van der Waals surface area contributed by atoms with Gasteiger partial charge in [0.2, 0.25) is 11.6 Å². The number of carboxylic acids is 1. The van der Waals surface area contributed by atoms with E-state index >= 15 is 0 Å². The van der Waals surface area contributed by atoms with Crippen LogP contribution >= 0.6 is 0 Å². The Bertz CT molecular complexity index is 613. The smallest absolute Gasteiger partial charge is 0.311 e. The van der Waals surface area contributed by atoms with Gasteiger partial charge in [-0.05, 0) is 18.2 Å². The summed E-state index contributed by atoms with van der Waals surface area (Å²) in [6.07, 6.45) is 0.408. The van der Waals surface area contributed by atoms with Crippen LogP contribution in [-0.2, 0) is 9.59 Å². The summed E-state index contributed by atoms with van der Waals surface area (Å²) in [4.78, 5) is 37.0. The summed E-state index contributed by atoms with van der Waals surface area (Å²) in [6, 6.07) is 4.30. The Hall–Kier alpha value is -2.50. The first-order valence-electron chi connectivity index (χ1n) is 4.70. The zero-order chi connectivity index (χ0) is 12.4. The van der Waals surface area contributed by atoms with Crippen LogP contribution in [0.5, 0.6) is 0 Å². The molecule has 0 atom stereocenters. The number of fused-ring (bicyclic) bond motifs is 1. The quantitative estimate of drug-likeness (QED) is 0.481. The molecule has 1 aromatic carbocycles. The zero-order valence-corrected chi connectivity index (χ0v) is 8.54. The van der Waals surface area contributed by atoms with Crippen molar-refractivity contribution in [3.8, 4) is 0 Å². The van der Waals surface area contributed by atoms with Crippen LogP contribution in [0, 0.1) is 0 Å². The molecule has 0 amide bonds. The number of Topliss-reactive ketones (excluding diaryl/α,β-unsaturated/α-hetero) is 2. The van der Waals surface area contributed by atoms with Crippen molar-refractivity contribution < 1.29 is 23.9 Å². The molecule has 0 aliphatic heterocycles. The number of nitrogens with zero attached hydrogens (tertiary/aromatic N) is 1. The van der Waals surface area contributed by atoms with Gasteiger partial charge in [-0.25, -0.2) is 4.98 Å². The van der Waals surface area contributed by atoms with Crippen molar-refractivity contribution in [3.05, 3.63) is 30.2 Å². The number of aromatic nitrogens is 1. The van der Waals surface area contributed by atoms with Crippen LogP contribution in [0.4, 0.5) is 0 Å². The molecular formula is C11H7NO5. The summed E-state index contributed by atoms with van der Waals surface area (Å²) in [5.74, 6) is -3.13. The Balaban J connectivity index is 2.29. The number of hydrogen-bond donors (Lipinski definition) is 1. The zero-order valence-electron chi connectivity index (χ0n) is 8.54. The van der Waals surface area contributed by atoms with Gasteiger partial charge < -0.3 is 9.52 Å². The van der Waals surface area contributed by atoms with Crippen LogP contribution in [0.3, 0.4) is 0 Å². The molecule has 17 heavy (non-hydrogen) atoms. The van der Waals surface area contributed by atoms with Gasteiger partial charge in [-0.1, -0.05) is 0 Å². The van der Waals surface area contributed by atoms with Crippen LogP contribution in [0.1, 0.15) is 16.8 Å². The Morgan fingerprint density at radius 3 is 2.76 bits per heavy atom. The molecule has 0 spiro atoms. The predicted molar refractivity (Wildman–Crippen MR) is 55.6 cm³/mol. The number of benzene rings is 1. The fraction of sp³-hybridized carbons (Fsp3) is 0.0909. The van der Waals surface area contributed by atoms with Gasteiger partial charge in [0.1, 0.15) is 11.9 Å². The van der Waals surface area contributed by atoms with Crippen molar-refractivity contribution in [2.45, 2.75) is 6.42 Å². The minimum atomic E-state index is -1.33. The average Bonchev–Trinajstić information content (AvgIpc) is 2.73. The summed E-state index contributed by atoms with van der Waals surface area (Å²) in [6.45, 7) is 0. The number of oxazole rings is 1. The second-order valence-corrected chi connectivity index (χ2v) is 3.36. The molecule has 0 saturated heterocycles. The van der Waals surface area contributed by atoms with Gasteiger partial charge in [0, 0.05) is 5.56 Å². The second kappa shape index (κ2) is 4.17. The Labute approximate surface area is 94.9 Å². The van der Waals surface area contributed by atoms with Crippen molar-refractivity contribution in [2.24, 2.45) is 0 Å². The molecule has 2 aromatic rings. The van der Waals surface area contributed by atoms with Crippen molar-refractivity contribution >= 4 is 28.6 Å². The molecule has 0 radical (unpaired) electrons. The van der Waals surface area contributed by atoms with E-state index < -0.39 is 24.0 Å². The Morgan fingerprint density at radius 2 is 2.06 bits per heavy atom. The van der Waals surface area contributed by atoms with Crippen molar-refractivity contribution in [1.82, 2.24) is 4.98 Å². The topological polar surface area (TPSA) is 97.5 Å². The number of carboxylic acid groups (broad SMARTS) is 1. The number of ketones is 2. The molecule has 1 aromatic heterocycles. The molecule has 0 aliphatic carbocycles. The van der Waals surface area contributed by atoms with Gasteiger partial charge in [0.15, 0.2) is 12.0 Å². The highest BCUT2D eigenvalue weighted by Crippen LogP contribution is 2.15. The summed E-state index contributed by atoms with van der Waals surface area (Å²) in [7, 11) is 0. The minimum Gasteiger partial charge on any atom is -0.481 e. The first kappa shape index (κ1) is 11.0. The average molecular weight is 233 g/mol. The van der Waals surface area contributed by atoms with E-state index in [9.17, 15) is 14.4 Å². The lowest BCUT2D eigenvalue weighted by Crippen LogP contribution is -2.17. The molecule has 0 fully saturated rings. The summed E-state index contributed by atoms with van der Waals surface area (Å²) < 4.78 is 4.98. The van der Waals surface area contributed by atoms with E-state index in [1.54, 1.807) is 0 Å². The summed E-state index contributed by atoms with van der Waals surface area (Å²) >= 11 is 0. The van der Waals surface area contributed by atoms with E-state index in [1.165, 1.54) is 24.6 Å². The van der Waals surface area contributed by atoms with Gasteiger partial charge in [-0.15, -0.1) is 0 Å². The van der Waals surface area contributed by atoms with Gasteiger partial charge in [0.05, 0.1) is 0 Å². The van der Waals surface area contributed by atoms with E-state index in [1.807, 2.05) is 0 Å². The fourth-order valence-electron chi connectivity index (χ4n) is 1.37. The largest absolute Gasteiger partial charge is 0.481 e. The summed E-state index contributed by atoms with van der Waals surface area (Å²) in [5.41, 5.74) is 1.03. The molecule has 0 bridgehead atoms. The van der Waals surface area contributed by atoms with Crippen LogP contribution in [0.2, 0.25) is 0 Å². The lowest BCUT2D eigenvalue weighted by molar-refractivity contribution is -0.139.